The topological polar surface area (TPSA) is 58.2 Å². The zero-order chi connectivity index (χ0) is 19.9. The SMILES string of the molecule is O=C(NCCc1ccc(Cl)cc1)c1cccc(NC(=O)c2ccc(F)cc2)c1. The Morgan fingerprint density at radius 2 is 1.57 bits per heavy atom. The maximum absolute atomic E-state index is 13.0. The third-order valence-electron chi connectivity index (χ3n) is 4.10. The first kappa shape index (κ1) is 19.6. The molecule has 142 valence electrons. The molecule has 0 radical (unpaired) electrons. The molecule has 2 amide bonds. The van der Waals surface area contributed by atoms with Crippen molar-refractivity contribution in [1.29, 1.82) is 0 Å². The van der Waals surface area contributed by atoms with Gasteiger partial charge in [0.15, 0.2) is 0 Å². The predicted octanol–water partition coefficient (Wildman–Crippen LogP) is 4.70. The molecule has 28 heavy (non-hydrogen) atoms. The second kappa shape index (κ2) is 9.15. The summed E-state index contributed by atoms with van der Waals surface area (Å²) in [5.74, 6) is -1.01. The number of carbonyl (C=O) groups excluding carboxylic acids is 2. The summed E-state index contributed by atoms with van der Waals surface area (Å²) >= 11 is 5.86. The molecule has 3 aromatic rings. The lowest BCUT2D eigenvalue weighted by Crippen LogP contribution is -2.25. The van der Waals surface area contributed by atoms with Gasteiger partial charge in [0.25, 0.3) is 11.8 Å². The zero-order valence-electron chi connectivity index (χ0n) is 14.9. The average Bonchev–Trinajstić information content (AvgIpc) is 2.70. The van der Waals surface area contributed by atoms with E-state index in [2.05, 4.69) is 10.6 Å². The molecule has 6 heteroatoms. The van der Waals surface area contributed by atoms with Crippen LogP contribution in [-0.4, -0.2) is 18.4 Å². The molecular weight excluding hydrogens is 379 g/mol. The van der Waals surface area contributed by atoms with E-state index >= 15 is 0 Å². The molecule has 0 spiro atoms. The van der Waals surface area contributed by atoms with Gasteiger partial charge in [-0.05, 0) is 66.6 Å². The Morgan fingerprint density at radius 3 is 2.29 bits per heavy atom. The van der Waals surface area contributed by atoms with Crippen LogP contribution in [0, 0.1) is 5.82 Å². The van der Waals surface area contributed by atoms with Gasteiger partial charge < -0.3 is 10.6 Å². The van der Waals surface area contributed by atoms with Gasteiger partial charge in [-0.15, -0.1) is 0 Å². The maximum atomic E-state index is 13.0. The van der Waals surface area contributed by atoms with Gasteiger partial charge in [-0.25, -0.2) is 4.39 Å². The number of anilines is 1. The maximum Gasteiger partial charge on any atom is 0.255 e. The Morgan fingerprint density at radius 1 is 0.857 bits per heavy atom. The van der Waals surface area contributed by atoms with Crippen molar-refractivity contribution in [3.63, 3.8) is 0 Å². The number of amides is 2. The summed E-state index contributed by atoms with van der Waals surface area (Å²) in [6.07, 6.45) is 0.684. The van der Waals surface area contributed by atoms with Gasteiger partial charge in [0, 0.05) is 28.4 Å². The molecule has 0 saturated carbocycles. The van der Waals surface area contributed by atoms with Crippen molar-refractivity contribution < 1.29 is 14.0 Å². The highest BCUT2D eigenvalue weighted by Crippen LogP contribution is 2.13. The van der Waals surface area contributed by atoms with Crippen LogP contribution in [0.25, 0.3) is 0 Å². The number of benzene rings is 3. The van der Waals surface area contributed by atoms with Crippen LogP contribution in [0.4, 0.5) is 10.1 Å². The third kappa shape index (κ3) is 5.41. The quantitative estimate of drug-likeness (QED) is 0.634. The summed E-state index contributed by atoms with van der Waals surface area (Å²) in [6.45, 7) is 0.479. The largest absolute Gasteiger partial charge is 0.352 e. The van der Waals surface area contributed by atoms with E-state index in [1.165, 1.54) is 24.3 Å². The van der Waals surface area contributed by atoms with Crippen molar-refractivity contribution >= 4 is 29.1 Å². The number of rotatable bonds is 6. The van der Waals surface area contributed by atoms with E-state index in [4.69, 9.17) is 11.6 Å². The van der Waals surface area contributed by atoms with Crippen molar-refractivity contribution in [1.82, 2.24) is 5.32 Å². The standard InChI is InChI=1S/C22H18ClFN2O2/c23-18-8-4-15(5-9-18)12-13-25-21(27)17-2-1-3-20(14-17)26-22(28)16-6-10-19(24)11-7-16/h1-11,14H,12-13H2,(H,25,27)(H,26,28). The molecule has 2 N–H and O–H groups in total. The van der Waals surface area contributed by atoms with E-state index in [9.17, 15) is 14.0 Å². The fourth-order valence-electron chi connectivity index (χ4n) is 2.62. The molecule has 3 aromatic carbocycles. The van der Waals surface area contributed by atoms with E-state index in [1.54, 1.807) is 24.3 Å². The molecule has 0 aliphatic heterocycles. The fraction of sp³-hybridized carbons (Fsp3) is 0.0909. The van der Waals surface area contributed by atoms with Crippen LogP contribution in [0.3, 0.4) is 0 Å². The smallest absolute Gasteiger partial charge is 0.255 e. The second-order valence-electron chi connectivity index (χ2n) is 6.17. The molecule has 4 nitrogen and oxygen atoms in total. The van der Waals surface area contributed by atoms with E-state index in [0.717, 1.165) is 5.56 Å². The Kier molecular flexibility index (Phi) is 6.40. The number of nitrogens with one attached hydrogen (secondary N) is 2. The minimum Gasteiger partial charge on any atom is -0.352 e. The van der Waals surface area contributed by atoms with Crippen LogP contribution in [0.1, 0.15) is 26.3 Å². The molecular formula is C22H18ClFN2O2. The number of hydrogen-bond acceptors (Lipinski definition) is 2. The number of carbonyl (C=O) groups is 2. The van der Waals surface area contributed by atoms with E-state index < -0.39 is 5.82 Å². The van der Waals surface area contributed by atoms with Crippen molar-refractivity contribution in [2.24, 2.45) is 0 Å². The van der Waals surface area contributed by atoms with Crippen molar-refractivity contribution in [3.05, 3.63) is 100 Å². The van der Waals surface area contributed by atoms with Gasteiger partial charge in [-0.3, -0.25) is 9.59 Å². The summed E-state index contributed by atoms with van der Waals surface area (Å²) in [7, 11) is 0. The van der Waals surface area contributed by atoms with Gasteiger partial charge in [0.1, 0.15) is 5.82 Å². The highest BCUT2D eigenvalue weighted by molar-refractivity contribution is 6.30. The summed E-state index contributed by atoms with van der Waals surface area (Å²) in [6, 6.07) is 19.3. The van der Waals surface area contributed by atoms with Gasteiger partial charge in [-0.2, -0.15) is 0 Å². The first-order valence-electron chi connectivity index (χ1n) is 8.71. The van der Waals surface area contributed by atoms with Gasteiger partial charge in [0.2, 0.25) is 0 Å². The van der Waals surface area contributed by atoms with Crippen LogP contribution in [0.2, 0.25) is 5.02 Å². The molecule has 0 fully saturated rings. The van der Waals surface area contributed by atoms with Gasteiger partial charge in [-0.1, -0.05) is 29.8 Å². The average molecular weight is 397 g/mol. The van der Waals surface area contributed by atoms with Crippen LogP contribution in [0.5, 0.6) is 0 Å². The third-order valence-corrected chi connectivity index (χ3v) is 4.35. The van der Waals surface area contributed by atoms with E-state index in [1.807, 2.05) is 24.3 Å². The molecule has 0 aromatic heterocycles. The summed E-state index contributed by atoms with van der Waals surface area (Å²) in [4.78, 5) is 24.6. The molecule has 0 atom stereocenters. The normalized spacial score (nSPS) is 10.4. The van der Waals surface area contributed by atoms with Gasteiger partial charge >= 0.3 is 0 Å². The van der Waals surface area contributed by atoms with E-state index in [-0.39, 0.29) is 11.8 Å². The van der Waals surface area contributed by atoms with Crippen LogP contribution >= 0.6 is 11.6 Å². The van der Waals surface area contributed by atoms with Crippen molar-refractivity contribution in [2.75, 3.05) is 11.9 Å². The predicted molar refractivity (Wildman–Crippen MR) is 108 cm³/mol. The Labute approximate surface area is 167 Å². The number of halogens is 2. The molecule has 0 aliphatic carbocycles. The first-order valence-corrected chi connectivity index (χ1v) is 9.09. The highest BCUT2D eigenvalue weighted by Gasteiger charge is 2.09. The Balaban J connectivity index is 1.57. The second-order valence-corrected chi connectivity index (χ2v) is 6.61. The summed E-state index contributed by atoms with van der Waals surface area (Å²) in [5, 5.41) is 6.23. The molecule has 0 aliphatic rings. The molecule has 0 saturated heterocycles. The fourth-order valence-corrected chi connectivity index (χ4v) is 2.74. The molecule has 0 unspecified atom stereocenters. The van der Waals surface area contributed by atoms with Crippen molar-refractivity contribution in [2.45, 2.75) is 6.42 Å². The molecule has 0 bridgehead atoms. The van der Waals surface area contributed by atoms with E-state index in [0.29, 0.717) is 34.8 Å². The minimum absolute atomic E-state index is 0.230. The summed E-state index contributed by atoms with van der Waals surface area (Å²) < 4.78 is 13.0. The lowest BCUT2D eigenvalue weighted by molar-refractivity contribution is 0.0952. The molecule has 3 rings (SSSR count). The first-order chi connectivity index (χ1) is 13.5. The van der Waals surface area contributed by atoms with Crippen LogP contribution in [-0.2, 0) is 6.42 Å². The lowest BCUT2D eigenvalue weighted by atomic mass is 10.1. The van der Waals surface area contributed by atoms with Crippen LogP contribution in [0.15, 0.2) is 72.8 Å². The Hall–Kier alpha value is -3.18. The van der Waals surface area contributed by atoms with Crippen LogP contribution < -0.4 is 10.6 Å². The minimum atomic E-state index is -0.409. The molecule has 0 heterocycles. The highest BCUT2D eigenvalue weighted by atomic mass is 35.5. The zero-order valence-corrected chi connectivity index (χ0v) is 15.7. The van der Waals surface area contributed by atoms with Gasteiger partial charge in [0.05, 0.1) is 0 Å². The Bertz CT molecular complexity index is 973. The van der Waals surface area contributed by atoms with Crippen molar-refractivity contribution in [3.8, 4) is 0 Å². The number of hydrogen-bond donors (Lipinski definition) is 2. The summed E-state index contributed by atoms with van der Waals surface area (Å²) in [5.41, 5.74) is 2.33. The monoisotopic (exact) mass is 396 g/mol. The lowest BCUT2D eigenvalue weighted by Gasteiger charge is -2.09.